The monoisotopic (exact) mass is 240 g/mol. The molecule has 0 amide bonds. The molecule has 1 saturated heterocycles. The summed E-state index contributed by atoms with van der Waals surface area (Å²) >= 11 is 0. The van der Waals surface area contributed by atoms with Crippen molar-refractivity contribution in [2.45, 2.75) is 31.2 Å². The van der Waals surface area contributed by atoms with E-state index in [4.69, 9.17) is 9.47 Å². The van der Waals surface area contributed by atoms with Gasteiger partial charge in [-0.05, 0) is 5.56 Å². The Morgan fingerprint density at radius 3 is 2.59 bits per heavy atom. The van der Waals surface area contributed by atoms with Crippen LogP contribution in [0.4, 0.5) is 0 Å². The van der Waals surface area contributed by atoms with Gasteiger partial charge in [0.15, 0.2) is 6.29 Å². The van der Waals surface area contributed by atoms with Gasteiger partial charge >= 0.3 is 0 Å². The first-order chi connectivity index (χ1) is 8.18. The third-order valence-electron chi connectivity index (χ3n) is 2.73. The lowest BCUT2D eigenvalue weighted by atomic mass is 10.1. The van der Waals surface area contributed by atoms with E-state index >= 15 is 0 Å². The zero-order chi connectivity index (χ0) is 12.3. The van der Waals surface area contributed by atoms with Crippen LogP contribution in [0.5, 0.6) is 0 Å². The lowest BCUT2D eigenvalue weighted by molar-refractivity contribution is -0.264. The highest BCUT2D eigenvalue weighted by atomic mass is 16.6. The van der Waals surface area contributed by atoms with Crippen LogP contribution in [0, 0.1) is 0 Å². The molecule has 0 spiro atoms. The highest BCUT2D eigenvalue weighted by Gasteiger charge is 2.38. The van der Waals surface area contributed by atoms with Crippen LogP contribution >= 0.6 is 0 Å². The van der Waals surface area contributed by atoms with Gasteiger partial charge in [-0.25, -0.2) is 0 Å². The van der Waals surface area contributed by atoms with Crippen molar-refractivity contribution in [3.63, 3.8) is 0 Å². The summed E-state index contributed by atoms with van der Waals surface area (Å²) < 4.78 is 10.2. The van der Waals surface area contributed by atoms with Crippen LogP contribution in [0.25, 0.3) is 0 Å². The summed E-state index contributed by atoms with van der Waals surface area (Å²) in [5, 5.41) is 28.5. The fourth-order valence-corrected chi connectivity index (χ4v) is 1.76. The SMILES string of the molecule is O[C@@H]1[C@@H](OCc2ccccc2)[C@H](O)CO[C@@H]1O. The van der Waals surface area contributed by atoms with Crippen molar-refractivity contribution in [2.24, 2.45) is 0 Å². The second-order valence-corrected chi connectivity index (χ2v) is 4.04. The highest BCUT2D eigenvalue weighted by Crippen LogP contribution is 2.18. The Hall–Kier alpha value is -0.980. The summed E-state index contributed by atoms with van der Waals surface area (Å²) in [4.78, 5) is 0. The Bertz CT molecular complexity index is 342. The van der Waals surface area contributed by atoms with Gasteiger partial charge in [0.05, 0.1) is 13.2 Å². The Balaban J connectivity index is 1.93. The zero-order valence-corrected chi connectivity index (χ0v) is 9.27. The molecule has 0 saturated carbocycles. The third-order valence-corrected chi connectivity index (χ3v) is 2.73. The largest absolute Gasteiger partial charge is 0.388 e. The van der Waals surface area contributed by atoms with Crippen LogP contribution in [0.2, 0.25) is 0 Å². The second kappa shape index (κ2) is 5.57. The minimum atomic E-state index is -1.31. The molecule has 1 aliphatic heterocycles. The van der Waals surface area contributed by atoms with Crippen LogP contribution in [0.15, 0.2) is 30.3 Å². The number of aliphatic hydroxyl groups excluding tert-OH is 3. The molecule has 0 unspecified atom stereocenters. The molecule has 3 N–H and O–H groups in total. The van der Waals surface area contributed by atoms with Crippen molar-refractivity contribution >= 4 is 0 Å². The minimum Gasteiger partial charge on any atom is -0.388 e. The van der Waals surface area contributed by atoms with Crippen LogP contribution in [-0.2, 0) is 16.1 Å². The molecule has 5 heteroatoms. The fraction of sp³-hybridized carbons (Fsp3) is 0.500. The van der Waals surface area contributed by atoms with E-state index in [1.165, 1.54) is 0 Å². The van der Waals surface area contributed by atoms with Gasteiger partial charge in [-0.2, -0.15) is 0 Å². The van der Waals surface area contributed by atoms with Crippen LogP contribution in [0.3, 0.4) is 0 Å². The van der Waals surface area contributed by atoms with E-state index in [1.807, 2.05) is 30.3 Å². The lowest BCUT2D eigenvalue weighted by Crippen LogP contribution is -2.53. The van der Waals surface area contributed by atoms with Crippen molar-refractivity contribution in [3.05, 3.63) is 35.9 Å². The van der Waals surface area contributed by atoms with Crippen molar-refractivity contribution < 1.29 is 24.8 Å². The summed E-state index contributed by atoms with van der Waals surface area (Å²) in [6.07, 6.45) is -4.31. The van der Waals surface area contributed by atoms with Crippen LogP contribution in [-0.4, -0.2) is 46.5 Å². The molecule has 94 valence electrons. The molecule has 1 aliphatic rings. The van der Waals surface area contributed by atoms with Crippen LogP contribution < -0.4 is 0 Å². The summed E-state index contributed by atoms with van der Waals surface area (Å²) in [5.41, 5.74) is 0.938. The van der Waals surface area contributed by atoms with E-state index in [0.29, 0.717) is 0 Å². The lowest BCUT2D eigenvalue weighted by Gasteiger charge is -2.35. The maximum Gasteiger partial charge on any atom is 0.183 e. The van der Waals surface area contributed by atoms with E-state index in [-0.39, 0.29) is 13.2 Å². The number of ether oxygens (including phenoxy) is 2. The first-order valence-corrected chi connectivity index (χ1v) is 5.50. The number of rotatable bonds is 3. The third kappa shape index (κ3) is 3.02. The average Bonchev–Trinajstić information content (AvgIpc) is 2.35. The predicted octanol–water partition coefficient (Wildman–Crippen LogP) is -0.358. The molecule has 0 radical (unpaired) electrons. The summed E-state index contributed by atoms with van der Waals surface area (Å²) in [6, 6.07) is 9.42. The van der Waals surface area contributed by atoms with Gasteiger partial charge in [0, 0.05) is 0 Å². The summed E-state index contributed by atoms with van der Waals surface area (Å²) in [5.74, 6) is 0. The van der Waals surface area contributed by atoms with Gasteiger partial charge in [0.25, 0.3) is 0 Å². The van der Waals surface area contributed by atoms with Gasteiger partial charge in [0.2, 0.25) is 0 Å². The standard InChI is InChI=1S/C12H16O5/c13-9-7-17-12(15)10(14)11(9)16-6-8-4-2-1-3-5-8/h1-5,9-15H,6-7H2/t9-,10-,11+,12+/m1/s1. The molecule has 4 atom stereocenters. The molecule has 0 bridgehead atoms. The van der Waals surface area contributed by atoms with Crippen molar-refractivity contribution in [2.75, 3.05) is 6.61 Å². The molecule has 0 aliphatic carbocycles. The van der Waals surface area contributed by atoms with Crippen molar-refractivity contribution in [1.29, 1.82) is 0 Å². The minimum absolute atomic E-state index is 0.0440. The van der Waals surface area contributed by atoms with Crippen molar-refractivity contribution in [3.8, 4) is 0 Å². The van der Waals surface area contributed by atoms with Gasteiger partial charge in [0.1, 0.15) is 18.3 Å². The Morgan fingerprint density at radius 2 is 1.88 bits per heavy atom. The first-order valence-electron chi connectivity index (χ1n) is 5.50. The number of hydrogen-bond acceptors (Lipinski definition) is 5. The quantitative estimate of drug-likeness (QED) is 0.672. The molecule has 2 rings (SSSR count). The topological polar surface area (TPSA) is 79.2 Å². The average molecular weight is 240 g/mol. The molecular weight excluding hydrogens is 224 g/mol. The number of hydrogen-bond donors (Lipinski definition) is 3. The number of benzene rings is 1. The van der Waals surface area contributed by atoms with Gasteiger partial charge in [-0.1, -0.05) is 30.3 Å². The van der Waals surface area contributed by atoms with E-state index in [1.54, 1.807) is 0 Å². The predicted molar refractivity (Wildman–Crippen MR) is 59.0 cm³/mol. The molecule has 1 fully saturated rings. The van der Waals surface area contributed by atoms with Crippen LogP contribution in [0.1, 0.15) is 5.56 Å². The molecule has 1 aromatic carbocycles. The molecule has 1 heterocycles. The molecule has 17 heavy (non-hydrogen) atoms. The molecular formula is C12H16O5. The Labute approximate surface area is 99.2 Å². The number of aliphatic hydroxyl groups is 3. The Kier molecular flexibility index (Phi) is 4.09. The second-order valence-electron chi connectivity index (χ2n) is 4.04. The maximum absolute atomic E-state index is 9.63. The molecule has 5 nitrogen and oxygen atoms in total. The molecule has 1 aromatic rings. The summed E-state index contributed by atoms with van der Waals surface area (Å²) in [6.45, 7) is 0.226. The van der Waals surface area contributed by atoms with E-state index in [2.05, 4.69) is 0 Å². The zero-order valence-electron chi connectivity index (χ0n) is 9.27. The van der Waals surface area contributed by atoms with E-state index in [0.717, 1.165) is 5.56 Å². The van der Waals surface area contributed by atoms with Gasteiger partial charge in [-0.3, -0.25) is 0 Å². The smallest absolute Gasteiger partial charge is 0.183 e. The van der Waals surface area contributed by atoms with Gasteiger partial charge in [-0.15, -0.1) is 0 Å². The summed E-state index contributed by atoms with van der Waals surface area (Å²) in [7, 11) is 0. The Morgan fingerprint density at radius 1 is 1.18 bits per heavy atom. The van der Waals surface area contributed by atoms with Crippen molar-refractivity contribution in [1.82, 2.24) is 0 Å². The fourth-order valence-electron chi connectivity index (χ4n) is 1.76. The maximum atomic E-state index is 9.63. The van der Waals surface area contributed by atoms with E-state index < -0.39 is 24.6 Å². The normalized spacial score (nSPS) is 33.6. The first kappa shape index (κ1) is 12.5. The molecule has 0 aromatic heterocycles. The highest BCUT2D eigenvalue weighted by molar-refractivity contribution is 5.13. The van der Waals surface area contributed by atoms with Gasteiger partial charge < -0.3 is 24.8 Å². The van der Waals surface area contributed by atoms with E-state index in [9.17, 15) is 15.3 Å².